The van der Waals surface area contributed by atoms with Gasteiger partial charge in [-0.25, -0.2) is 9.37 Å². The molecule has 1 saturated heterocycles. The summed E-state index contributed by atoms with van der Waals surface area (Å²) in [5.41, 5.74) is 3.40. The average molecular weight is 420 g/mol. The number of piperazine rings is 1. The number of fused-ring (bicyclic) bond motifs is 1. The van der Waals surface area contributed by atoms with Crippen molar-refractivity contribution in [2.45, 2.75) is 26.4 Å². The van der Waals surface area contributed by atoms with Crippen molar-refractivity contribution < 1.29 is 8.91 Å². The number of imidazole rings is 1. The lowest BCUT2D eigenvalue weighted by molar-refractivity contribution is 0.0839. The molecule has 4 heterocycles. The molecule has 4 aromatic rings. The fourth-order valence-electron chi connectivity index (χ4n) is 4.06. The topological polar surface area (TPSA) is 62.7 Å². The normalized spacial score (nSPS) is 16.7. The third-order valence-corrected chi connectivity index (χ3v) is 5.97. The Labute approximate surface area is 180 Å². The molecule has 3 aromatic heterocycles. The molecule has 0 spiro atoms. The van der Waals surface area contributed by atoms with Crippen LogP contribution in [0.3, 0.4) is 0 Å². The van der Waals surface area contributed by atoms with Crippen molar-refractivity contribution in [2.75, 3.05) is 26.2 Å². The maximum Gasteiger partial charge on any atom is 0.244 e. The van der Waals surface area contributed by atoms with Crippen LogP contribution in [0.25, 0.3) is 17.0 Å². The Balaban J connectivity index is 1.20. The molecule has 1 fully saturated rings. The number of rotatable bonds is 5. The summed E-state index contributed by atoms with van der Waals surface area (Å²) in [7, 11) is 0. The lowest BCUT2D eigenvalue weighted by Crippen LogP contribution is -2.46. The monoisotopic (exact) mass is 420 g/mol. The van der Waals surface area contributed by atoms with Gasteiger partial charge in [0, 0.05) is 50.7 Å². The van der Waals surface area contributed by atoms with Crippen LogP contribution in [0.4, 0.5) is 4.39 Å². The van der Waals surface area contributed by atoms with Crippen molar-refractivity contribution in [3.05, 3.63) is 71.8 Å². The van der Waals surface area contributed by atoms with Crippen LogP contribution >= 0.6 is 0 Å². The summed E-state index contributed by atoms with van der Waals surface area (Å²) < 4.78 is 21.1. The van der Waals surface area contributed by atoms with Gasteiger partial charge in [-0.1, -0.05) is 11.2 Å². The molecule has 0 N–H and O–H groups in total. The highest BCUT2D eigenvalue weighted by molar-refractivity contribution is 5.55. The molecule has 1 aliphatic rings. The average Bonchev–Trinajstić information content (AvgIpc) is 3.42. The summed E-state index contributed by atoms with van der Waals surface area (Å²) in [6.45, 7) is 8.41. The predicted molar refractivity (Wildman–Crippen MR) is 115 cm³/mol. The van der Waals surface area contributed by atoms with Gasteiger partial charge in [-0.15, -0.1) is 0 Å². The molecule has 7 nitrogen and oxygen atoms in total. The first-order valence-electron chi connectivity index (χ1n) is 10.6. The lowest BCUT2D eigenvalue weighted by atomic mass is 10.1. The van der Waals surface area contributed by atoms with E-state index in [1.807, 2.05) is 24.4 Å². The molecular formula is C23H25FN6O. The zero-order valence-electron chi connectivity index (χ0n) is 17.7. The number of hydrogen-bond acceptors (Lipinski definition) is 6. The van der Waals surface area contributed by atoms with Crippen molar-refractivity contribution >= 4 is 5.65 Å². The number of aromatic nitrogens is 4. The van der Waals surface area contributed by atoms with Crippen LogP contribution in [-0.2, 0) is 6.54 Å². The van der Waals surface area contributed by atoms with Gasteiger partial charge in [0.2, 0.25) is 11.7 Å². The van der Waals surface area contributed by atoms with Gasteiger partial charge in [-0.05, 0) is 49.7 Å². The standard InChI is InChI=1S/C23H25FN6O/c1-16-13-18(6-7-20(16)24)22-26-23(31-27-22)17(2)29-11-9-28(10-12-29)14-19-15-30-8-4-3-5-21(30)25-19/h3-8,13,15,17H,9-12,14H2,1-2H3. The molecule has 1 aliphatic heterocycles. The maximum absolute atomic E-state index is 13.5. The van der Waals surface area contributed by atoms with Gasteiger partial charge in [0.05, 0.1) is 11.7 Å². The Bertz CT molecular complexity index is 1160. The summed E-state index contributed by atoms with van der Waals surface area (Å²) in [5, 5.41) is 4.11. The van der Waals surface area contributed by atoms with E-state index >= 15 is 0 Å². The maximum atomic E-state index is 13.5. The molecule has 8 heteroatoms. The van der Waals surface area contributed by atoms with Crippen LogP contribution in [0.1, 0.15) is 30.1 Å². The van der Waals surface area contributed by atoms with Crippen LogP contribution in [0.15, 0.2) is 53.3 Å². The van der Waals surface area contributed by atoms with Crippen LogP contribution < -0.4 is 0 Å². The van der Waals surface area contributed by atoms with Crippen molar-refractivity contribution in [3.8, 4) is 11.4 Å². The number of nitrogens with zero attached hydrogens (tertiary/aromatic N) is 6. The van der Waals surface area contributed by atoms with E-state index in [9.17, 15) is 4.39 Å². The SMILES string of the molecule is Cc1cc(-c2noc(C(C)N3CCN(Cc4cn5ccccc5n4)CC3)n2)ccc1F. The third-order valence-electron chi connectivity index (χ3n) is 5.97. The second kappa shape index (κ2) is 8.20. The zero-order valence-corrected chi connectivity index (χ0v) is 17.7. The van der Waals surface area contributed by atoms with Crippen LogP contribution in [0.5, 0.6) is 0 Å². The first kappa shape index (κ1) is 19.8. The lowest BCUT2D eigenvalue weighted by Gasteiger charge is -2.36. The summed E-state index contributed by atoms with van der Waals surface area (Å²) in [4.78, 5) is 14.0. The molecule has 0 amide bonds. The predicted octanol–water partition coefficient (Wildman–Crippen LogP) is 3.71. The molecule has 1 unspecified atom stereocenters. The van der Waals surface area contributed by atoms with Crippen molar-refractivity contribution in [2.24, 2.45) is 0 Å². The first-order chi connectivity index (χ1) is 15.1. The molecule has 0 radical (unpaired) electrons. The van der Waals surface area contributed by atoms with Crippen molar-refractivity contribution in [1.29, 1.82) is 0 Å². The molecule has 5 rings (SSSR count). The van der Waals surface area contributed by atoms with E-state index < -0.39 is 0 Å². The van der Waals surface area contributed by atoms with Crippen molar-refractivity contribution in [1.82, 2.24) is 29.3 Å². The summed E-state index contributed by atoms with van der Waals surface area (Å²) in [6.07, 6.45) is 4.12. The Morgan fingerprint density at radius 1 is 1.10 bits per heavy atom. The number of hydrogen-bond donors (Lipinski definition) is 0. The Hall–Kier alpha value is -3.10. The first-order valence-corrected chi connectivity index (χ1v) is 10.6. The van der Waals surface area contributed by atoms with Gasteiger partial charge in [0.25, 0.3) is 0 Å². The van der Waals surface area contributed by atoms with E-state index in [0.29, 0.717) is 17.3 Å². The Kier molecular flexibility index (Phi) is 5.25. The van der Waals surface area contributed by atoms with Crippen LogP contribution in [0.2, 0.25) is 0 Å². The Morgan fingerprint density at radius 3 is 2.71 bits per heavy atom. The van der Waals surface area contributed by atoms with E-state index in [-0.39, 0.29) is 11.9 Å². The van der Waals surface area contributed by atoms with E-state index in [2.05, 4.69) is 37.5 Å². The fourth-order valence-corrected chi connectivity index (χ4v) is 4.06. The molecule has 160 valence electrons. The molecular weight excluding hydrogens is 395 g/mol. The fraction of sp³-hybridized carbons (Fsp3) is 0.348. The highest BCUT2D eigenvalue weighted by Crippen LogP contribution is 2.25. The summed E-state index contributed by atoms with van der Waals surface area (Å²) in [5.74, 6) is 0.851. The minimum absolute atomic E-state index is 0.0279. The zero-order chi connectivity index (χ0) is 21.4. The van der Waals surface area contributed by atoms with Gasteiger partial charge in [-0.2, -0.15) is 4.98 Å². The highest BCUT2D eigenvalue weighted by atomic mass is 19.1. The van der Waals surface area contributed by atoms with Crippen molar-refractivity contribution in [3.63, 3.8) is 0 Å². The highest BCUT2D eigenvalue weighted by Gasteiger charge is 2.26. The molecule has 0 saturated carbocycles. The minimum atomic E-state index is -0.234. The van der Waals surface area contributed by atoms with Gasteiger partial charge in [0.1, 0.15) is 11.5 Å². The van der Waals surface area contributed by atoms with E-state index in [1.54, 1.807) is 19.1 Å². The van der Waals surface area contributed by atoms with E-state index in [4.69, 9.17) is 9.51 Å². The second-order valence-corrected chi connectivity index (χ2v) is 8.11. The number of halogens is 1. The molecule has 0 aliphatic carbocycles. The third kappa shape index (κ3) is 4.08. The second-order valence-electron chi connectivity index (χ2n) is 8.11. The number of pyridine rings is 1. The summed E-state index contributed by atoms with van der Waals surface area (Å²) >= 11 is 0. The molecule has 1 atom stereocenters. The van der Waals surface area contributed by atoms with Gasteiger partial charge < -0.3 is 8.92 Å². The number of aryl methyl sites for hydroxylation is 1. The van der Waals surface area contributed by atoms with Crippen LogP contribution in [-0.4, -0.2) is 55.5 Å². The van der Waals surface area contributed by atoms with Crippen LogP contribution in [0, 0.1) is 12.7 Å². The molecule has 0 bridgehead atoms. The largest absolute Gasteiger partial charge is 0.337 e. The Morgan fingerprint density at radius 2 is 1.94 bits per heavy atom. The van der Waals surface area contributed by atoms with Gasteiger partial charge in [0.15, 0.2) is 0 Å². The minimum Gasteiger partial charge on any atom is -0.337 e. The molecule has 1 aromatic carbocycles. The smallest absolute Gasteiger partial charge is 0.244 e. The van der Waals surface area contributed by atoms with Gasteiger partial charge >= 0.3 is 0 Å². The summed E-state index contributed by atoms with van der Waals surface area (Å²) in [6, 6.07) is 10.9. The van der Waals surface area contributed by atoms with E-state index in [0.717, 1.165) is 49.6 Å². The molecule has 31 heavy (non-hydrogen) atoms. The van der Waals surface area contributed by atoms with Gasteiger partial charge in [-0.3, -0.25) is 9.80 Å². The van der Waals surface area contributed by atoms with E-state index in [1.165, 1.54) is 6.07 Å². The number of benzene rings is 1. The quantitative estimate of drug-likeness (QED) is 0.491.